The van der Waals surface area contributed by atoms with E-state index in [0.717, 1.165) is 16.9 Å². The van der Waals surface area contributed by atoms with E-state index in [9.17, 15) is 5.26 Å². The summed E-state index contributed by atoms with van der Waals surface area (Å²) in [5, 5.41) is 9.37. The van der Waals surface area contributed by atoms with Crippen molar-refractivity contribution in [2.75, 3.05) is 0 Å². The first-order chi connectivity index (χ1) is 10.8. The maximum absolute atomic E-state index is 9.37. The normalized spacial score (nSPS) is 12.2. The summed E-state index contributed by atoms with van der Waals surface area (Å²) < 4.78 is 6.81. The van der Waals surface area contributed by atoms with Gasteiger partial charge in [-0.1, -0.05) is 59.7 Å². The van der Waals surface area contributed by atoms with E-state index < -0.39 is 8.32 Å². The predicted octanol–water partition coefficient (Wildman–Crippen LogP) is 6.22. The third-order valence-corrected chi connectivity index (χ3v) is 11.0. The molecule has 2 aliphatic carbocycles. The van der Waals surface area contributed by atoms with Gasteiger partial charge in [0.2, 0.25) is 0 Å². The minimum Gasteiger partial charge on any atom is -0.542 e. The van der Waals surface area contributed by atoms with Crippen LogP contribution < -0.4 is 4.43 Å². The second-order valence-electron chi connectivity index (χ2n) is 7.19. The van der Waals surface area contributed by atoms with Crippen molar-refractivity contribution in [1.29, 1.82) is 5.26 Å². The fourth-order valence-corrected chi connectivity index (χ4v) is 9.27. The molecule has 2 nitrogen and oxygen atoms in total. The molecule has 2 rings (SSSR count). The van der Waals surface area contributed by atoms with Crippen LogP contribution in [0.4, 0.5) is 0 Å². The molecule has 0 N–H and O–H groups in total. The molecule has 0 unspecified atom stereocenters. The molecule has 122 valence electrons. The van der Waals surface area contributed by atoms with Crippen molar-refractivity contribution < 1.29 is 4.43 Å². The highest BCUT2D eigenvalue weighted by Gasteiger charge is 2.47. The van der Waals surface area contributed by atoms with Gasteiger partial charge in [0.15, 0.2) is 0 Å². The zero-order valence-electron chi connectivity index (χ0n) is 15.1. The predicted molar refractivity (Wildman–Crippen MR) is 99.5 cm³/mol. The van der Waals surface area contributed by atoms with Gasteiger partial charge in [-0.25, -0.2) is 0 Å². The molecule has 23 heavy (non-hydrogen) atoms. The SMILES string of the molecule is CC(C)[Si](Oc1ccc2c(C#N)ccccc1-2)(C(C)C)C(C)C. The van der Waals surface area contributed by atoms with Crippen LogP contribution >= 0.6 is 0 Å². The Morgan fingerprint density at radius 3 is 1.91 bits per heavy atom. The summed E-state index contributed by atoms with van der Waals surface area (Å²) in [5.41, 5.74) is 4.31. The fraction of sp³-hybridized carbons (Fsp3) is 0.450. The van der Waals surface area contributed by atoms with Crippen LogP contribution in [-0.4, -0.2) is 8.32 Å². The fourth-order valence-electron chi connectivity index (χ4n) is 4.00. The van der Waals surface area contributed by atoms with Gasteiger partial charge < -0.3 is 4.43 Å². The largest absolute Gasteiger partial charge is 0.542 e. The molecule has 3 heteroatoms. The summed E-state index contributed by atoms with van der Waals surface area (Å²) in [7, 11) is -1.99. The van der Waals surface area contributed by atoms with Gasteiger partial charge in [-0.15, -0.1) is 0 Å². The summed E-state index contributed by atoms with van der Waals surface area (Å²) in [4.78, 5) is 0. The molecule has 0 aromatic rings. The standard InChI is InChI=1S/C20H27NOSi/c1-14(2)23(15(3)4,16(5)6)22-20-12-11-18-17(13-21)9-7-8-10-19(18)20/h7-12,14-16H,1-6H3. The molecule has 0 fully saturated rings. The summed E-state index contributed by atoms with van der Waals surface area (Å²) >= 11 is 0. The Morgan fingerprint density at radius 1 is 0.826 bits per heavy atom. The second-order valence-corrected chi connectivity index (χ2v) is 12.6. The van der Waals surface area contributed by atoms with Crippen molar-refractivity contribution in [3.8, 4) is 22.9 Å². The number of hydrogen-bond donors (Lipinski definition) is 0. The topological polar surface area (TPSA) is 33.0 Å². The van der Waals surface area contributed by atoms with Crippen molar-refractivity contribution in [3.63, 3.8) is 0 Å². The van der Waals surface area contributed by atoms with E-state index in [1.165, 1.54) is 0 Å². The number of rotatable bonds is 5. The Balaban J connectivity index is 2.54. The zero-order chi connectivity index (χ0) is 17.2. The van der Waals surface area contributed by atoms with Crippen LogP contribution in [-0.2, 0) is 0 Å². The van der Waals surface area contributed by atoms with Gasteiger partial charge in [-0.2, -0.15) is 5.26 Å². The molecule has 0 atom stereocenters. The van der Waals surface area contributed by atoms with Gasteiger partial charge in [0.05, 0.1) is 11.6 Å². The molecule has 0 radical (unpaired) electrons. The molecule has 0 bridgehead atoms. The second kappa shape index (κ2) is 6.76. The first-order valence-electron chi connectivity index (χ1n) is 8.45. The van der Waals surface area contributed by atoms with E-state index in [4.69, 9.17) is 4.43 Å². The third-order valence-electron chi connectivity index (χ3n) is 5.00. The average molecular weight is 326 g/mol. The van der Waals surface area contributed by atoms with E-state index in [2.05, 4.69) is 53.7 Å². The Morgan fingerprint density at radius 2 is 1.39 bits per heavy atom. The maximum Gasteiger partial charge on any atom is 0.258 e. The van der Waals surface area contributed by atoms with Crippen LogP contribution in [0.2, 0.25) is 16.6 Å². The minimum atomic E-state index is -1.99. The van der Waals surface area contributed by atoms with Crippen molar-refractivity contribution >= 4 is 8.32 Å². The smallest absolute Gasteiger partial charge is 0.258 e. The van der Waals surface area contributed by atoms with E-state index in [1.807, 2.05) is 30.3 Å². The van der Waals surface area contributed by atoms with Crippen molar-refractivity contribution in [3.05, 3.63) is 42.0 Å². The minimum absolute atomic E-state index is 0.528. The number of nitrogens with zero attached hydrogens (tertiary/aromatic N) is 1. The van der Waals surface area contributed by atoms with Crippen LogP contribution in [0.1, 0.15) is 47.1 Å². The lowest BCUT2D eigenvalue weighted by molar-refractivity contribution is 0.482. The van der Waals surface area contributed by atoms with E-state index in [0.29, 0.717) is 22.2 Å². The Bertz CT molecular complexity index is 663. The highest BCUT2D eigenvalue weighted by atomic mass is 28.4. The summed E-state index contributed by atoms with van der Waals surface area (Å²) in [6.45, 7) is 13.7. The number of fused-ring (bicyclic) bond motifs is 1. The van der Waals surface area contributed by atoms with Gasteiger partial charge in [0.1, 0.15) is 5.75 Å². The molecule has 0 spiro atoms. The molecule has 0 saturated heterocycles. The van der Waals surface area contributed by atoms with Crippen molar-refractivity contribution in [2.24, 2.45) is 0 Å². The highest BCUT2D eigenvalue weighted by molar-refractivity contribution is 6.78. The van der Waals surface area contributed by atoms with Gasteiger partial charge >= 0.3 is 0 Å². The summed E-state index contributed by atoms with van der Waals surface area (Å²) in [5.74, 6) is 0.940. The van der Waals surface area contributed by atoms with Gasteiger partial charge in [-0.3, -0.25) is 0 Å². The lowest BCUT2D eigenvalue weighted by Crippen LogP contribution is -2.50. The molecule has 0 heterocycles. The highest BCUT2D eigenvalue weighted by Crippen LogP contribution is 2.46. The van der Waals surface area contributed by atoms with Crippen LogP contribution in [0.3, 0.4) is 0 Å². The Kier molecular flexibility index (Phi) is 5.16. The number of nitriles is 1. The van der Waals surface area contributed by atoms with Crippen molar-refractivity contribution in [1.82, 2.24) is 0 Å². The molecular formula is C20H27NOSi. The lowest BCUT2D eigenvalue weighted by atomic mass is 10.1. The third kappa shape index (κ3) is 3.01. The molecule has 0 saturated carbocycles. The number of hydrogen-bond acceptors (Lipinski definition) is 2. The van der Waals surface area contributed by atoms with Gasteiger partial charge in [0, 0.05) is 11.1 Å². The Labute approximate surface area is 141 Å². The van der Waals surface area contributed by atoms with Gasteiger partial charge in [0.25, 0.3) is 8.32 Å². The quantitative estimate of drug-likeness (QED) is 0.611. The zero-order valence-corrected chi connectivity index (χ0v) is 16.1. The maximum atomic E-state index is 9.37. The Hall–Kier alpha value is -1.79. The van der Waals surface area contributed by atoms with E-state index >= 15 is 0 Å². The van der Waals surface area contributed by atoms with Crippen LogP contribution in [0.5, 0.6) is 5.75 Å². The lowest BCUT2D eigenvalue weighted by Gasteiger charge is -2.42. The summed E-state index contributed by atoms with van der Waals surface area (Å²) in [6.07, 6.45) is 0. The molecule has 0 aliphatic heterocycles. The monoisotopic (exact) mass is 325 g/mol. The molecule has 0 aromatic carbocycles. The molecular weight excluding hydrogens is 298 g/mol. The van der Waals surface area contributed by atoms with E-state index in [1.54, 1.807) is 0 Å². The molecule has 0 aromatic heterocycles. The van der Waals surface area contributed by atoms with Gasteiger partial charge in [-0.05, 0) is 34.8 Å². The first kappa shape index (κ1) is 17.6. The molecule has 2 aliphatic rings. The van der Waals surface area contributed by atoms with Crippen molar-refractivity contribution in [2.45, 2.75) is 58.2 Å². The molecule has 0 amide bonds. The first-order valence-corrected chi connectivity index (χ1v) is 10.6. The van der Waals surface area contributed by atoms with Crippen LogP contribution in [0, 0.1) is 11.3 Å². The summed E-state index contributed by atoms with van der Waals surface area (Å²) in [6, 6.07) is 14.2. The van der Waals surface area contributed by atoms with Crippen LogP contribution in [0.15, 0.2) is 36.4 Å². The van der Waals surface area contributed by atoms with E-state index in [-0.39, 0.29) is 0 Å². The van der Waals surface area contributed by atoms with Crippen LogP contribution in [0.25, 0.3) is 11.1 Å². The average Bonchev–Trinajstić information content (AvgIpc) is 2.74.